The van der Waals surface area contributed by atoms with Crippen molar-refractivity contribution in [2.24, 2.45) is 0 Å². The van der Waals surface area contributed by atoms with E-state index in [-0.39, 0.29) is 27.2 Å². The van der Waals surface area contributed by atoms with Crippen LogP contribution in [0.15, 0.2) is 45.1 Å². The van der Waals surface area contributed by atoms with Crippen molar-refractivity contribution in [1.29, 1.82) is 0 Å². The molecule has 7 nitrogen and oxygen atoms in total. The van der Waals surface area contributed by atoms with Gasteiger partial charge in [0.05, 0.1) is 19.1 Å². The fourth-order valence-corrected chi connectivity index (χ4v) is 6.52. The summed E-state index contributed by atoms with van der Waals surface area (Å²) in [5.41, 5.74) is 0.794. The van der Waals surface area contributed by atoms with E-state index in [1.165, 1.54) is 16.4 Å². The molecule has 0 aliphatic carbocycles. The van der Waals surface area contributed by atoms with E-state index in [0.717, 1.165) is 23.0 Å². The molecule has 0 bridgehead atoms. The molecule has 1 aliphatic rings. The summed E-state index contributed by atoms with van der Waals surface area (Å²) in [6.07, 6.45) is -4.07. The van der Waals surface area contributed by atoms with Gasteiger partial charge < -0.3 is 14.0 Å². The standard InChI is InChI=1S/C20H19F3N2O5S2/c1-28-13-3-4-16(29-2)14(9-13)12-7-8-25(11-12)32(26,27)19-6-5-17(31-19)15-10-18(30-24-15)20(21,22)23/h3-6,9-10,12H,7-8,11H2,1-2H3. The fraction of sp³-hybridized carbons (Fsp3) is 0.350. The number of hydrogen-bond donors (Lipinski definition) is 0. The average molecular weight is 489 g/mol. The predicted molar refractivity (Wildman–Crippen MR) is 110 cm³/mol. The van der Waals surface area contributed by atoms with Crippen molar-refractivity contribution in [3.8, 4) is 22.1 Å². The highest BCUT2D eigenvalue weighted by molar-refractivity contribution is 7.91. The number of thiophene rings is 1. The van der Waals surface area contributed by atoms with Gasteiger partial charge >= 0.3 is 6.18 Å². The first-order valence-corrected chi connectivity index (χ1v) is 11.8. The van der Waals surface area contributed by atoms with Crippen molar-refractivity contribution in [1.82, 2.24) is 9.46 Å². The van der Waals surface area contributed by atoms with Crippen LogP contribution in [0.1, 0.15) is 23.7 Å². The Hall–Kier alpha value is -2.57. The average Bonchev–Trinajstić information content (AvgIpc) is 3.52. The van der Waals surface area contributed by atoms with Crippen molar-refractivity contribution >= 4 is 21.4 Å². The van der Waals surface area contributed by atoms with E-state index in [4.69, 9.17) is 9.47 Å². The largest absolute Gasteiger partial charge is 0.497 e. The summed E-state index contributed by atoms with van der Waals surface area (Å²) in [6, 6.07) is 8.94. The number of benzene rings is 1. The van der Waals surface area contributed by atoms with Crippen LogP contribution in [-0.2, 0) is 16.2 Å². The normalized spacial score (nSPS) is 17.6. The van der Waals surface area contributed by atoms with Crippen LogP contribution in [0.25, 0.3) is 10.6 Å². The van der Waals surface area contributed by atoms with Gasteiger partial charge in [0.25, 0.3) is 10.0 Å². The van der Waals surface area contributed by atoms with E-state index in [9.17, 15) is 21.6 Å². The van der Waals surface area contributed by atoms with E-state index in [2.05, 4.69) is 9.68 Å². The molecule has 1 aliphatic heterocycles. The Bertz CT molecular complexity index is 1220. The lowest BCUT2D eigenvalue weighted by atomic mass is 9.97. The lowest BCUT2D eigenvalue weighted by Gasteiger charge is -2.18. The van der Waals surface area contributed by atoms with Crippen LogP contribution in [0.5, 0.6) is 11.5 Å². The molecule has 172 valence electrons. The molecule has 1 atom stereocenters. The van der Waals surface area contributed by atoms with Crippen LogP contribution in [0.2, 0.25) is 0 Å². The SMILES string of the molecule is COc1ccc(OC)c(C2CCN(S(=O)(=O)c3ccc(-c4cc(C(F)(F)F)on4)s3)C2)c1. The van der Waals surface area contributed by atoms with Crippen LogP contribution in [-0.4, -0.2) is 45.2 Å². The Morgan fingerprint density at radius 3 is 2.59 bits per heavy atom. The first-order valence-electron chi connectivity index (χ1n) is 9.49. The Kier molecular flexibility index (Phi) is 5.94. The number of rotatable bonds is 6. The van der Waals surface area contributed by atoms with Crippen LogP contribution in [0, 0.1) is 0 Å². The number of ether oxygens (including phenoxy) is 2. The second-order valence-corrected chi connectivity index (χ2v) is 10.4. The van der Waals surface area contributed by atoms with Gasteiger partial charge in [0.2, 0.25) is 5.76 Å². The highest BCUT2D eigenvalue weighted by Crippen LogP contribution is 2.40. The summed E-state index contributed by atoms with van der Waals surface area (Å²) in [6.45, 7) is 0.560. The van der Waals surface area contributed by atoms with Crippen LogP contribution < -0.4 is 9.47 Å². The Balaban J connectivity index is 1.55. The molecule has 1 aromatic carbocycles. The number of nitrogens with zero attached hydrogens (tertiary/aromatic N) is 2. The molecule has 1 unspecified atom stereocenters. The van der Waals surface area contributed by atoms with E-state index >= 15 is 0 Å². The van der Waals surface area contributed by atoms with Gasteiger partial charge in [-0.1, -0.05) is 5.16 Å². The molecule has 3 aromatic rings. The lowest BCUT2D eigenvalue weighted by Crippen LogP contribution is -2.28. The summed E-state index contributed by atoms with van der Waals surface area (Å²) in [4.78, 5) is 0.271. The highest BCUT2D eigenvalue weighted by Gasteiger charge is 2.37. The van der Waals surface area contributed by atoms with E-state index in [1.807, 2.05) is 6.07 Å². The number of hydrogen-bond acceptors (Lipinski definition) is 7. The second kappa shape index (κ2) is 8.41. The zero-order valence-corrected chi connectivity index (χ0v) is 18.7. The molecule has 0 radical (unpaired) electrons. The number of halogens is 3. The van der Waals surface area contributed by atoms with Crippen molar-refractivity contribution in [2.75, 3.05) is 27.3 Å². The maximum atomic E-state index is 13.2. The number of sulfonamides is 1. The fourth-order valence-electron chi connectivity index (χ4n) is 3.61. The molecular weight excluding hydrogens is 469 g/mol. The smallest absolute Gasteiger partial charge is 0.452 e. The molecule has 4 rings (SSSR count). The van der Waals surface area contributed by atoms with Gasteiger partial charge in [-0.25, -0.2) is 8.42 Å². The third-order valence-electron chi connectivity index (χ3n) is 5.25. The maximum Gasteiger partial charge on any atom is 0.452 e. The van der Waals surface area contributed by atoms with Gasteiger partial charge in [0, 0.05) is 30.6 Å². The zero-order valence-electron chi connectivity index (χ0n) is 17.0. The van der Waals surface area contributed by atoms with Gasteiger partial charge in [-0.3, -0.25) is 0 Å². The topological polar surface area (TPSA) is 81.9 Å². The summed E-state index contributed by atoms with van der Waals surface area (Å²) >= 11 is 0.850. The van der Waals surface area contributed by atoms with E-state index in [1.54, 1.807) is 26.4 Å². The Morgan fingerprint density at radius 1 is 1.16 bits per heavy atom. The number of aromatic nitrogens is 1. The van der Waals surface area contributed by atoms with E-state index < -0.39 is 22.0 Å². The van der Waals surface area contributed by atoms with Gasteiger partial charge in [-0.15, -0.1) is 11.3 Å². The first-order chi connectivity index (χ1) is 15.1. The molecule has 3 heterocycles. The summed E-state index contributed by atoms with van der Waals surface area (Å²) in [5, 5.41) is 3.41. The lowest BCUT2D eigenvalue weighted by molar-refractivity contribution is -0.155. The van der Waals surface area contributed by atoms with Crippen molar-refractivity contribution in [3.63, 3.8) is 0 Å². The van der Waals surface area contributed by atoms with Gasteiger partial charge in [-0.05, 0) is 36.8 Å². The highest BCUT2D eigenvalue weighted by atomic mass is 32.2. The summed E-state index contributed by atoms with van der Waals surface area (Å²) in [7, 11) is -0.719. The molecule has 0 amide bonds. The molecule has 12 heteroatoms. The van der Waals surface area contributed by atoms with Crippen molar-refractivity contribution in [2.45, 2.75) is 22.7 Å². The quantitative estimate of drug-likeness (QED) is 0.504. The molecule has 0 spiro atoms. The number of methoxy groups -OCH3 is 2. The van der Waals surface area contributed by atoms with Crippen molar-refractivity contribution < 1.29 is 35.6 Å². The molecule has 0 saturated carbocycles. The maximum absolute atomic E-state index is 13.2. The first kappa shape index (κ1) is 22.6. The van der Waals surface area contributed by atoms with Crippen LogP contribution in [0.4, 0.5) is 13.2 Å². The minimum atomic E-state index is -4.66. The monoisotopic (exact) mass is 488 g/mol. The van der Waals surface area contributed by atoms with Crippen LogP contribution >= 0.6 is 11.3 Å². The Labute approximate surface area is 186 Å². The third kappa shape index (κ3) is 4.21. The molecule has 1 saturated heterocycles. The van der Waals surface area contributed by atoms with Crippen LogP contribution in [0.3, 0.4) is 0 Å². The van der Waals surface area contributed by atoms with Gasteiger partial charge in [0.1, 0.15) is 21.4 Å². The number of alkyl halides is 3. The second-order valence-electron chi connectivity index (χ2n) is 7.15. The zero-order chi connectivity index (χ0) is 23.1. The summed E-state index contributed by atoms with van der Waals surface area (Å²) < 4.78 is 81.0. The van der Waals surface area contributed by atoms with Gasteiger partial charge in [-0.2, -0.15) is 17.5 Å². The molecule has 32 heavy (non-hydrogen) atoms. The van der Waals surface area contributed by atoms with Crippen molar-refractivity contribution in [3.05, 3.63) is 47.7 Å². The third-order valence-corrected chi connectivity index (χ3v) is 8.69. The predicted octanol–water partition coefficient (Wildman–Crippen LogP) is 4.62. The molecular formula is C20H19F3N2O5S2. The summed E-state index contributed by atoms with van der Waals surface area (Å²) in [5.74, 6) is -0.0186. The minimum absolute atomic E-state index is 0.0299. The van der Waals surface area contributed by atoms with E-state index in [0.29, 0.717) is 24.5 Å². The minimum Gasteiger partial charge on any atom is -0.497 e. The Morgan fingerprint density at radius 2 is 1.94 bits per heavy atom. The molecule has 2 aromatic heterocycles. The molecule has 0 N–H and O–H groups in total. The van der Waals surface area contributed by atoms with Gasteiger partial charge in [0.15, 0.2) is 0 Å². The molecule has 1 fully saturated rings.